The van der Waals surface area contributed by atoms with Crippen molar-refractivity contribution in [2.24, 2.45) is 0 Å². The van der Waals surface area contributed by atoms with E-state index in [0.29, 0.717) is 11.4 Å². The molecule has 21 heavy (non-hydrogen) atoms. The molecule has 104 valence electrons. The van der Waals surface area contributed by atoms with Crippen LogP contribution in [0.15, 0.2) is 48.5 Å². The summed E-state index contributed by atoms with van der Waals surface area (Å²) in [6, 6.07) is 14.7. The van der Waals surface area contributed by atoms with Crippen LogP contribution in [-0.4, -0.2) is 26.5 Å². The van der Waals surface area contributed by atoms with Crippen LogP contribution in [0.25, 0.3) is 11.4 Å². The number of hydrogen-bond acceptors (Lipinski definition) is 4. The summed E-state index contributed by atoms with van der Waals surface area (Å²) in [5, 5.41) is 16.7. The van der Waals surface area contributed by atoms with Gasteiger partial charge in [0.1, 0.15) is 0 Å². The number of aromatic amines is 1. The average molecular weight is 279 g/mol. The average Bonchev–Trinajstić information content (AvgIpc) is 3.02. The Balaban J connectivity index is 1.83. The third kappa shape index (κ3) is 2.79. The van der Waals surface area contributed by atoms with Gasteiger partial charge in [-0.25, -0.2) is 0 Å². The van der Waals surface area contributed by atoms with Crippen molar-refractivity contribution in [3.63, 3.8) is 0 Å². The first-order valence-electron chi connectivity index (χ1n) is 6.45. The predicted octanol–water partition coefficient (Wildman–Crippen LogP) is 2.43. The molecule has 1 heterocycles. The van der Waals surface area contributed by atoms with Crippen molar-refractivity contribution < 1.29 is 4.79 Å². The van der Waals surface area contributed by atoms with E-state index in [1.54, 1.807) is 6.07 Å². The van der Waals surface area contributed by atoms with E-state index in [1.165, 1.54) is 0 Å². The summed E-state index contributed by atoms with van der Waals surface area (Å²) in [6.07, 6.45) is 0. The number of hydrogen-bond donors (Lipinski definition) is 2. The first kappa shape index (κ1) is 13.0. The molecule has 6 heteroatoms. The molecule has 0 aliphatic heterocycles. The Morgan fingerprint density at radius 3 is 2.62 bits per heavy atom. The van der Waals surface area contributed by atoms with Crippen molar-refractivity contribution in [3.05, 3.63) is 59.7 Å². The SMILES string of the molecule is Cc1cc(C(=O)Nc2ccccc2)ccc1-c1nn[nH]n1. The topological polar surface area (TPSA) is 83.6 Å². The number of tetrazole rings is 1. The lowest BCUT2D eigenvalue weighted by molar-refractivity contribution is 0.102. The number of carbonyl (C=O) groups is 1. The molecule has 3 rings (SSSR count). The molecule has 0 fully saturated rings. The molecule has 0 saturated carbocycles. The minimum absolute atomic E-state index is 0.149. The molecular formula is C15H13N5O. The molecule has 0 spiro atoms. The van der Waals surface area contributed by atoms with Crippen LogP contribution in [-0.2, 0) is 0 Å². The van der Waals surface area contributed by atoms with Crippen LogP contribution in [0.5, 0.6) is 0 Å². The molecule has 1 amide bonds. The molecule has 3 aromatic rings. The molecule has 0 bridgehead atoms. The Morgan fingerprint density at radius 1 is 1.14 bits per heavy atom. The van der Waals surface area contributed by atoms with Crippen molar-refractivity contribution >= 4 is 11.6 Å². The zero-order chi connectivity index (χ0) is 14.7. The van der Waals surface area contributed by atoms with Crippen molar-refractivity contribution in [1.82, 2.24) is 20.6 Å². The van der Waals surface area contributed by atoms with E-state index in [0.717, 1.165) is 16.8 Å². The number of anilines is 1. The van der Waals surface area contributed by atoms with E-state index in [4.69, 9.17) is 0 Å². The highest BCUT2D eigenvalue weighted by atomic mass is 16.1. The Morgan fingerprint density at radius 2 is 1.95 bits per heavy atom. The van der Waals surface area contributed by atoms with Crippen molar-refractivity contribution in [1.29, 1.82) is 0 Å². The minimum Gasteiger partial charge on any atom is -0.322 e. The second kappa shape index (κ2) is 5.54. The third-order valence-electron chi connectivity index (χ3n) is 3.11. The van der Waals surface area contributed by atoms with Gasteiger partial charge in [0.05, 0.1) is 0 Å². The summed E-state index contributed by atoms with van der Waals surface area (Å²) < 4.78 is 0. The second-order valence-corrected chi connectivity index (χ2v) is 4.59. The van der Waals surface area contributed by atoms with Gasteiger partial charge in [-0.15, -0.1) is 10.2 Å². The fraction of sp³-hybridized carbons (Fsp3) is 0.0667. The molecule has 0 unspecified atom stereocenters. The largest absolute Gasteiger partial charge is 0.322 e. The Kier molecular flexibility index (Phi) is 3.42. The molecular weight excluding hydrogens is 266 g/mol. The van der Waals surface area contributed by atoms with Gasteiger partial charge in [0, 0.05) is 16.8 Å². The molecule has 2 N–H and O–H groups in total. The maximum absolute atomic E-state index is 12.2. The molecule has 0 aliphatic rings. The van der Waals surface area contributed by atoms with Gasteiger partial charge in [-0.3, -0.25) is 4.79 Å². The van der Waals surface area contributed by atoms with Crippen LogP contribution < -0.4 is 5.32 Å². The van der Waals surface area contributed by atoms with Crippen LogP contribution >= 0.6 is 0 Å². The number of nitrogens with zero attached hydrogens (tertiary/aromatic N) is 3. The first-order valence-corrected chi connectivity index (χ1v) is 6.45. The number of para-hydroxylation sites is 1. The highest BCUT2D eigenvalue weighted by Crippen LogP contribution is 2.20. The maximum Gasteiger partial charge on any atom is 0.255 e. The van der Waals surface area contributed by atoms with Gasteiger partial charge in [-0.05, 0) is 48.0 Å². The Bertz CT molecular complexity index is 753. The van der Waals surface area contributed by atoms with Crippen molar-refractivity contribution in [3.8, 4) is 11.4 Å². The van der Waals surface area contributed by atoms with E-state index >= 15 is 0 Å². The van der Waals surface area contributed by atoms with E-state index in [9.17, 15) is 4.79 Å². The summed E-state index contributed by atoms with van der Waals surface area (Å²) >= 11 is 0. The number of carbonyl (C=O) groups excluding carboxylic acids is 1. The van der Waals surface area contributed by atoms with Gasteiger partial charge >= 0.3 is 0 Å². The number of aromatic nitrogens is 4. The maximum atomic E-state index is 12.2. The molecule has 0 aliphatic carbocycles. The van der Waals surface area contributed by atoms with Crippen LogP contribution in [0, 0.1) is 6.92 Å². The lowest BCUT2D eigenvalue weighted by atomic mass is 10.0. The van der Waals surface area contributed by atoms with E-state index in [2.05, 4.69) is 25.9 Å². The quantitative estimate of drug-likeness (QED) is 0.771. The highest BCUT2D eigenvalue weighted by molar-refractivity contribution is 6.04. The number of benzene rings is 2. The number of aryl methyl sites for hydroxylation is 1. The Hall–Kier alpha value is -3.02. The second-order valence-electron chi connectivity index (χ2n) is 4.59. The molecule has 0 atom stereocenters. The van der Waals surface area contributed by atoms with Gasteiger partial charge in [0.25, 0.3) is 5.91 Å². The third-order valence-corrected chi connectivity index (χ3v) is 3.11. The summed E-state index contributed by atoms with van der Waals surface area (Å²) in [4.78, 5) is 12.2. The van der Waals surface area contributed by atoms with Crippen molar-refractivity contribution in [2.45, 2.75) is 6.92 Å². The summed E-state index contributed by atoms with van der Waals surface area (Å²) in [5.41, 5.74) is 3.11. The zero-order valence-corrected chi connectivity index (χ0v) is 11.4. The Labute approximate surface area is 121 Å². The van der Waals surface area contributed by atoms with E-state index in [-0.39, 0.29) is 5.91 Å². The molecule has 0 radical (unpaired) electrons. The summed E-state index contributed by atoms with van der Waals surface area (Å²) in [5.74, 6) is 0.367. The molecule has 1 aromatic heterocycles. The van der Waals surface area contributed by atoms with E-state index in [1.807, 2.05) is 49.4 Å². The number of H-pyrrole nitrogens is 1. The van der Waals surface area contributed by atoms with Crippen molar-refractivity contribution in [2.75, 3.05) is 5.32 Å². The first-order chi connectivity index (χ1) is 10.2. The van der Waals surface area contributed by atoms with Gasteiger partial charge in [0.2, 0.25) is 5.82 Å². The fourth-order valence-corrected chi connectivity index (χ4v) is 2.06. The molecule has 6 nitrogen and oxygen atoms in total. The highest BCUT2D eigenvalue weighted by Gasteiger charge is 2.11. The lowest BCUT2D eigenvalue weighted by Crippen LogP contribution is -2.12. The predicted molar refractivity (Wildman–Crippen MR) is 78.7 cm³/mol. The van der Waals surface area contributed by atoms with Gasteiger partial charge in [-0.1, -0.05) is 18.2 Å². The summed E-state index contributed by atoms with van der Waals surface area (Å²) in [7, 11) is 0. The van der Waals surface area contributed by atoms with Gasteiger partial charge in [-0.2, -0.15) is 5.21 Å². The normalized spacial score (nSPS) is 10.3. The minimum atomic E-state index is -0.149. The van der Waals surface area contributed by atoms with Gasteiger partial charge < -0.3 is 5.32 Å². The van der Waals surface area contributed by atoms with Crippen LogP contribution in [0.2, 0.25) is 0 Å². The standard InChI is InChI=1S/C15H13N5O/c1-10-9-11(7-8-13(10)14-17-19-20-18-14)15(21)16-12-5-3-2-4-6-12/h2-9H,1H3,(H,16,21)(H,17,18,19,20). The van der Waals surface area contributed by atoms with Crippen LogP contribution in [0.4, 0.5) is 5.69 Å². The number of nitrogens with one attached hydrogen (secondary N) is 2. The molecule has 0 saturated heterocycles. The molecule has 2 aromatic carbocycles. The van der Waals surface area contributed by atoms with Crippen LogP contribution in [0.3, 0.4) is 0 Å². The smallest absolute Gasteiger partial charge is 0.255 e. The lowest BCUT2D eigenvalue weighted by Gasteiger charge is -2.07. The van der Waals surface area contributed by atoms with Crippen LogP contribution in [0.1, 0.15) is 15.9 Å². The zero-order valence-electron chi connectivity index (χ0n) is 11.4. The summed E-state index contributed by atoms with van der Waals surface area (Å²) in [6.45, 7) is 1.91. The van der Waals surface area contributed by atoms with Gasteiger partial charge in [0.15, 0.2) is 0 Å². The monoisotopic (exact) mass is 279 g/mol. The fourth-order valence-electron chi connectivity index (χ4n) is 2.06. The van der Waals surface area contributed by atoms with E-state index < -0.39 is 0 Å². The number of amides is 1. The number of rotatable bonds is 3.